The molecule has 3 heterocycles. The summed E-state index contributed by atoms with van der Waals surface area (Å²) in [5, 5.41) is 6.46. The number of piperazine rings is 1. The molecule has 1 aromatic heterocycles. The molecular formula is C21H26ClF2N5O2. The molecule has 2 amide bonds. The number of nitrogens with one attached hydrogen (secondary N) is 2. The van der Waals surface area contributed by atoms with Crippen LogP contribution in [0.15, 0.2) is 10.5 Å². The summed E-state index contributed by atoms with van der Waals surface area (Å²) < 4.78 is 31.5. The van der Waals surface area contributed by atoms with Crippen molar-refractivity contribution in [3.05, 3.63) is 22.5 Å². The molecule has 2 aliphatic heterocycles. The molecule has 0 atom stereocenters. The second-order valence-corrected chi connectivity index (χ2v) is 9.16. The van der Waals surface area contributed by atoms with Crippen LogP contribution in [0.3, 0.4) is 0 Å². The van der Waals surface area contributed by atoms with E-state index in [1.165, 1.54) is 0 Å². The van der Waals surface area contributed by atoms with Crippen molar-refractivity contribution in [2.45, 2.75) is 50.6 Å². The van der Waals surface area contributed by atoms with E-state index in [9.17, 15) is 13.6 Å². The summed E-state index contributed by atoms with van der Waals surface area (Å²) in [6, 6.07) is 1.50. The molecule has 1 saturated carbocycles. The van der Waals surface area contributed by atoms with Crippen LogP contribution in [0.4, 0.5) is 19.3 Å². The minimum atomic E-state index is -2.30. The zero-order valence-electron chi connectivity index (χ0n) is 17.2. The van der Waals surface area contributed by atoms with Gasteiger partial charge in [0.25, 0.3) is 6.43 Å². The van der Waals surface area contributed by atoms with Crippen LogP contribution < -0.4 is 10.6 Å². The number of aromatic nitrogens is 1. The largest absolute Gasteiger partial charge is 0.439 e. The number of hydrogen-bond donors (Lipinski definition) is 2. The van der Waals surface area contributed by atoms with Crippen LogP contribution in [0.25, 0.3) is 11.1 Å². The van der Waals surface area contributed by atoms with Crippen molar-refractivity contribution >= 4 is 34.4 Å². The lowest BCUT2D eigenvalue weighted by molar-refractivity contribution is 0.0522. The highest BCUT2D eigenvalue weighted by Crippen LogP contribution is 2.48. The van der Waals surface area contributed by atoms with Crippen molar-refractivity contribution < 1.29 is 18.0 Å². The van der Waals surface area contributed by atoms with Gasteiger partial charge in [-0.3, -0.25) is 9.80 Å². The Morgan fingerprint density at radius 3 is 2.58 bits per heavy atom. The molecule has 0 bridgehead atoms. The number of alkyl halides is 2. The van der Waals surface area contributed by atoms with Crippen LogP contribution in [0.5, 0.6) is 0 Å². The smallest absolute Gasteiger partial charge is 0.319 e. The van der Waals surface area contributed by atoms with Gasteiger partial charge in [0.15, 0.2) is 5.58 Å². The summed E-state index contributed by atoms with van der Waals surface area (Å²) in [6.07, 6.45) is 2.56. The Kier molecular flexibility index (Phi) is 5.52. The first-order valence-electron chi connectivity index (χ1n) is 10.9. The van der Waals surface area contributed by atoms with E-state index in [-0.39, 0.29) is 12.6 Å². The van der Waals surface area contributed by atoms with E-state index in [0.717, 1.165) is 37.7 Å². The van der Waals surface area contributed by atoms with Crippen molar-refractivity contribution in [1.82, 2.24) is 20.1 Å². The summed E-state index contributed by atoms with van der Waals surface area (Å²) in [7, 11) is 0. The van der Waals surface area contributed by atoms with E-state index in [4.69, 9.17) is 16.0 Å². The fourth-order valence-corrected chi connectivity index (χ4v) is 5.44. The number of carbonyl (C=O) groups is 1. The molecular weight excluding hydrogens is 428 g/mol. The number of rotatable bonds is 4. The molecule has 1 aliphatic carbocycles. The number of nitrogens with zero attached hydrogens (tertiary/aromatic N) is 3. The Bertz CT molecular complexity index is 984. The van der Waals surface area contributed by atoms with Crippen molar-refractivity contribution in [3.8, 4) is 0 Å². The normalized spacial score (nSPS) is 22.0. The van der Waals surface area contributed by atoms with Gasteiger partial charge in [-0.15, -0.1) is 0 Å². The Labute approximate surface area is 184 Å². The van der Waals surface area contributed by atoms with Gasteiger partial charge >= 0.3 is 6.03 Å². The number of oxazole rings is 1. The van der Waals surface area contributed by atoms with Crippen LogP contribution in [0.2, 0.25) is 5.02 Å². The molecule has 10 heteroatoms. The molecule has 7 nitrogen and oxygen atoms in total. The molecule has 168 valence electrons. The SMILES string of the molecule is O=C1Nc2c(Cl)cc3nc(CN4CCN(CC(F)F)CC4)oc3c2C2(CCCCC2)N1. The van der Waals surface area contributed by atoms with E-state index in [1.54, 1.807) is 11.0 Å². The number of amides is 2. The maximum atomic E-state index is 12.6. The van der Waals surface area contributed by atoms with Gasteiger partial charge in [0.05, 0.1) is 29.3 Å². The van der Waals surface area contributed by atoms with E-state index >= 15 is 0 Å². The Morgan fingerprint density at radius 1 is 1.16 bits per heavy atom. The number of halogens is 3. The zero-order chi connectivity index (χ0) is 21.6. The predicted molar refractivity (Wildman–Crippen MR) is 114 cm³/mol. The fraction of sp³-hybridized carbons (Fsp3) is 0.619. The number of urea groups is 1. The van der Waals surface area contributed by atoms with Gasteiger partial charge in [-0.2, -0.15) is 0 Å². The summed E-state index contributed by atoms with van der Waals surface area (Å²) in [5.41, 5.74) is 2.37. The standard InChI is InChI=1S/C21H26ClF2N5O2/c22-13-10-14-19(17-18(13)26-20(30)27-21(17)4-2-1-3-5-21)31-16(25-14)12-29-8-6-28(7-9-29)11-15(23)24/h10,15H,1-9,11-12H2,(H2,26,27,30). The predicted octanol–water partition coefficient (Wildman–Crippen LogP) is 4.16. The summed E-state index contributed by atoms with van der Waals surface area (Å²) in [4.78, 5) is 21.0. The number of carbonyl (C=O) groups excluding carboxylic acids is 1. The summed E-state index contributed by atoms with van der Waals surface area (Å²) >= 11 is 6.55. The summed E-state index contributed by atoms with van der Waals surface area (Å²) in [6.45, 7) is 2.91. The van der Waals surface area contributed by atoms with Crippen molar-refractivity contribution in [1.29, 1.82) is 0 Å². The lowest BCUT2D eigenvalue weighted by Crippen LogP contribution is -2.52. The zero-order valence-corrected chi connectivity index (χ0v) is 18.0. The Hall–Kier alpha value is -1.97. The maximum absolute atomic E-state index is 12.6. The molecule has 3 aliphatic rings. The van der Waals surface area contributed by atoms with Crippen LogP contribution in [0.1, 0.15) is 43.6 Å². The lowest BCUT2D eigenvalue weighted by atomic mass is 9.74. The molecule has 0 radical (unpaired) electrons. The first kappa shape index (κ1) is 20.9. The summed E-state index contributed by atoms with van der Waals surface area (Å²) in [5.74, 6) is 0.574. The van der Waals surface area contributed by atoms with E-state index in [2.05, 4.69) is 20.5 Å². The first-order chi connectivity index (χ1) is 14.9. The quantitative estimate of drug-likeness (QED) is 0.727. The highest BCUT2D eigenvalue weighted by Gasteiger charge is 2.44. The number of hydrogen-bond acceptors (Lipinski definition) is 5. The van der Waals surface area contributed by atoms with Crippen LogP contribution in [0, 0.1) is 0 Å². The maximum Gasteiger partial charge on any atom is 0.319 e. The molecule has 5 rings (SSSR count). The number of fused-ring (bicyclic) bond motifs is 4. The van der Waals surface area contributed by atoms with Gasteiger partial charge in [0.1, 0.15) is 5.52 Å². The van der Waals surface area contributed by atoms with Gasteiger partial charge in [-0.25, -0.2) is 18.6 Å². The molecule has 2 aromatic rings. The van der Waals surface area contributed by atoms with Gasteiger partial charge in [0, 0.05) is 31.7 Å². The third-order valence-electron chi connectivity index (χ3n) is 6.67. The third kappa shape index (κ3) is 3.99. The number of benzene rings is 1. The van der Waals surface area contributed by atoms with Crippen LogP contribution in [-0.4, -0.2) is 60.0 Å². The third-order valence-corrected chi connectivity index (χ3v) is 6.97. The second-order valence-electron chi connectivity index (χ2n) is 8.75. The molecule has 0 unspecified atom stereocenters. The van der Waals surface area contributed by atoms with E-state index in [0.29, 0.717) is 60.4 Å². The lowest BCUT2D eigenvalue weighted by Gasteiger charge is -2.42. The molecule has 31 heavy (non-hydrogen) atoms. The monoisotopic (exact) mass is 453 g/mol. The topological polar surface area (TPSA) is 73.6 Å². The average Bonchev–Trinajstić information content (AvgIpc) is 3.11. The molecule has 2 fully saturated rings. The average molecular weight is 454 g/mol. The van der Waals surface area contributed by atoms with Crippen molar-refractivity contribution in [2.75, 3.05) is 38.0 Å². The Balaban J connectivity index is 1.43. The van der Waals surface area contributed by atoms with E-state index < -0.39 is 12.0 Å². The van der Waals surface area contributed by atoms with Crippen molar-refractivity contribution in [3.63, 3.8) is 0 Å². The fourth-order valence-electron chi connectivity index (χ4n) is 5.20. The first-order valence-corrected chi connectivity index (χ1v) is 11.3. The Morgan fingerprint density at radius 2 is 1.87 bits per heavy atom. The number of anilines is 1. The minimum Gasteiger partial charge on any atom is -0.439 e. The highest BCUT2D eigenvalue weighted by atomic mass is 35.5. The van der Waals surface area contributed by atoms with Crippen LogP contribution in [-0.2, 0) is 12.1 Å². The van der Waals surface area contributed by atoms with E-state index in [1.807, 2.05) is 0 Å². The molecule has 2 N–H and O–H groups in total. The van der Waals surface area contributed by atoms with Gasteiger partial charge in [-0.05, 0) is 18.9 Å². The van der Waals surface area contributed by atoms with Crippen molar-refractivity contribution in [2.24, 2.45) is 0 Å². The molecule has 1 saturated heterocycles. The van der Waals surface area contributed by atoms with Crippen LogP contribution >= 0.6 is 11.6 Å². The minimum absolute atomic E-state index is 0.178. The van der Waals surface area contributed by atoms with Gasteiger partial charge in [0.2, 0.25) is 5.89 Å². The van der Waals surface area contributed by atoms with Gasteiger partial charge < -0.3 is 15.1 Å². The molecule has 1 spiro atoms. The van der Waals surface area contributed by atoms with Gasteiger partial charge in [-0.1, -0.05) is 30.9 Å². The molecule has 1 aromatic carbocycles. The second kappa shape index (κ2) is 8.18. The highest BCUT2D eigenvalue weighted by molar-refractivity contribution is 6.35.